The molecule has 12 heavy (non-hydrogen) atoms. The van der Waals surface area contributed by atoms with Crippen LogP contribution in [0, 0.1) is 0 Å². The zero-order chi connectivity index (χ0) is 8.55. The lowest BCUT2D eigenvalue weighted by molar-refractivity contribution is 0.460. The average Bonchev–Trinajstić information content (AvgIpc) is 2.58. The lowest BCUT2D eigenvalue weighted by Gasteiger charge is -1.86. The maximum atomic E-state index is 9.29. The summed E-state index contributed by atoms with van der Waals surface area (Å²) in [5, 5.41) is 12.2. The molecule has 0 aliphatic rings. The molecule has 0 aliphatic heterocycles. The number of nitrogen functional groups attached to an aromatic ring is 1. The van der Waals surface area contributed by atoms with Crippen molar-refractivity contribution in [3.05, 3.63) is 11.6 Å². The third-order valence-corrected chi connectivity index (χ3v) is 3.05. The van der Waals surface area contributed by atoms with Crippen molar-refractivity contribution in [3.63, 3.8) is 0 Å². The summed E-state index contributed by atoms with van der Waals surface area (Å²) in [6.07, 6.45) is 1.68. The number of nitrogens with two attached hydrogens (primary N) is 1. The van der Waals surface area contributed by atoms with Crippen molar-refractivity contribution in [2.24, 2.45) is 0 Å². The van der Waals surface area contributed by atoms with Crippen molar-refractivity contribution in [1.82, 2.24) is 9.97 Å². The lowest BCUT2D eigenvalue weighted by atomic mass is 10.5. The number of thiazole rings is 2. The second-order valence-electron chi connectivity index (χ2n) is 2.04. The van der Waals surface area contributed by atoms with E-state index in [0.29, 0.717) is 10.0 Å². The molecule has 0 atom stereocenters. The van der Waals surface area contributed by atoms with E-state index in [0.717, 1.165) is 5.01 Å². The number of anilines is 1. The average molecular weight is 199 g/mol. The molecule has 0 saturated carbocycles. The number of nitrogens with zero attached hydrogens (tertiary/aromatic N) is 2. The summed E-state index contributed by atoms with van der Waals surface area (Å²) in [5.41, 5.74) is 5.41. The van der Waals surface area contributed by atoms with E-state index in [1.54, 1.807) is 6.20 Å². The van der Waals surface area contributed by atoms with Gasteiger partial charge in [-0.15, -0.1) is 11.3 Å². The van der Waals surface area contributed by atoms with Gasteiger partial charge in [0.1, 0.15) is 9.88 Å². The summed E-state index contributed by atoms with van der Waals surface area (Å²) in [6, 6.07) is 0. The highest BCUT2D eigenvalue weighted by atomic mass is 32.1. The van der Waals surface area contributed by atoms with Crippen LogP contribution in [0.2, 0.25) is 0 Å². The van der Waals surface area contributed by atoms with Crippen molar-refractivity contribution in [2.45, 2.75) is 0 Å². The number of aromatic hydroxyl groups is 1. The zero-order valence-electron chi connectivity index (χ0n) is 5.89. The fourth-order valence-electron chi connectivity index (χ4n) is 0.803. The van der Waals surface area contributed by atoms with Crippen LogP contribution in [-0.2, 0) is 0 Å². The van der Waals surface area contributed by atoms with E-state index in [1.165, 1.54) is 22.7 Å². The molecular formula is C6H5N3OS2. The smallest absolute Gasteiger partial charge is 0.234 e. The highest BCUT2D eigenvalue weighted by molar-refractivity contribution is 7.23. The highest BCUT2D eigenvalue weighted by Gasteiger charge is 2.11. The lowest BCUT2D eigenvalue weighted by Crippen LogP contribution is -1.78. The SMILES string of the molecule is Nc1nc(O)c(-c2nccs2)s1. The van der Waals surface area contributed by atoms with Gasteiger partial charge in [0.25, 0.3) is 0 Å². The topological polar surface area (TPSA) is 72.0 Å². The van der Waals surface area contributed by atoms with Gasteiger partial charge < -0.3 is 10.8 Å². The molecule has 6 heteroatoms. The van der Waals surface area contributed by atoms with Gasteiger partial charge in [-0.2, -0.15) is 4.98 Å². The molecule has 0 aromatic carbocycles. The summed E-state index contributed by atoms with van der Waals surface area (Å²) in [6.45, 7) is 0. The van der Waals surface area contributed by atoms with Crippen LogP contribution in [0.1, 0.15) is 0 Å². The van der Waals surface area contributed by atoms with Gasteiger partial charge >= 0.3 is 0 Å². The third kappa shape index (κ3) is 1.15. The van der Waals surface area contributed by atoms with E-state index in [-0.39, 0.29) is 5.88 Å². The van der Waals surface area contributed by atoms with Crippen LogP contribution in [0.4, 0.5) is 5.13 Å². The zero-order valence-corrected chi connectivity index (χ0v) is 7.52. The molecule has 0 unspecified atom stereocenters. The van der Waals surface area contributed by atoms with Crippen LogP contribution >= 0.6 is 22.7 Å². The fraction of sp³-hybridized carbons (Fsp3) is 0. The second kappa shape index (κ2) is 2.72. The van der Waals surface area contributed by atoms with Gasteiger partial charge in [0.2, 0.25) is 5.88 Å². The minimum absolute atomic E-state index is 0.0348. The quantitative estimate of drug-likeness (QED) is 0.731. The molecule has 0 spiro atoms. The maximum Gasteiger partial charge on any atom is 0.234 e. The molecule has 0 saturated heterocycles. The third-order valence-electron chi connectivity index (χ3n) is 1.25. The van der Waals surface area contributed by atoms with E-state index in [9.17, 15) is 5.11 Å². The molecule has 0 amide bonds. The van der Waals surface area contributed by atoms with E-state index in [2.05, 4.69) is 9.97 Å². The van der Waals surface area contributed by atoms with Crippen LogP contribution < -0.4 is 5.73 Å². The number of rotatable bonds is 1. The Morgan fingerprint density at radius 2 is 2.33 bits per heavy atom. The Morgan fingerprint density at radius 3 is 2.83 bits per heavy atom. The number of hydrogen-bond donors (Lipinski definition) is 2. The first kappa shape index (κ1) is 7.51. The molecule has 2 rings (SSSR count). The second-order valence-corrected chi connectivity index (χ2v) is 3.97. The first-order valence-corrected chi connectivity index (χ1v) is 4.82. The van der Waals surface area contributed by atoms with Gasteiger partial charge in [-0.25, -0.2) is 4.98 Å². The van der Waals surface area contributed by atoms with Crippen LogP contribution in [0.15, 0.2) is 11.6 Å². The number of aromatic nitrogens is 2. The fourth-order valence-corrected chi connectivity index (χ4v) is 2.26. The van der Waals surface area contributed by atoms with Crippen LogP contribution in [0.3, 0.4) is 0 Å². The minimum Gasteiger partial charge on any atom is -0.492 e. The predicted octanol–water partition coefficient (Wildman–Crippen LogP) is 1.55. The maximum absolute atomic E-state index is 9.29. The number of hydrogen-bond acceptors (Lipinski definition) is 6. The molecule has 3 N–H and O–H groups in total. The molecule has 0 aliphatic carbocycles. The Balaban J connectivity index is 2.54. The molecule has 4 nitrogen and oxygen atoms in total. The molecule has 62 valence electrons. The minimum atomic E-state index is -0.0348. The Hall–Kier alpha value is -1.14. The van der Waals surface area contributed by atoms with E-state index >= 15 is 0 Å². The summed E-state index contributed by atoms with van der Waals surface area (Å²) >= 11 is 2.68. The van der Waals surface area contributed by atoms with Crippen molar-refractivity contribution in [1.29, 1.82) is 0 Å². The Kier molecular flexibility index (Phi) is 1.70. The van der Waals surface area contributed by atoms with Crippen molar-refractivity contribution >= 4 is 27.8 Å². The van der Waals surface area contributed by atoms with E-state index < -0.39 is 0 Å². The molecule has 2 aromatic rings. The standard InChI is InChI=1S/C6H5N3OS2/c7-6-9-4(10)3(12-6)5-8-1-2-11-5/h1-2,10H,(H2,7,9). The molecular weight excluding hydrogens is 194 g/mol. The Morgan fingerprint density at radius 1 is 1.50 bits per heavy atom. The van der Waals surface area contributed by atoms with Crippen molar-refractivity contribution in [3.8, 4) is 15.8 Å². The molecule has 0 fully saturated rings. The van der Waals surface area contributed by atoms with Crippen molar-refractivity contribution in [2.75, 3.05) is 5.73 Å². The molecule has 0 radical (unpaired) electrons. The van der Waals surface area contributed by atoms with Crippen LogP contribution in [0.25, 0.3) is 9.88 Å². The monoisotopic (exact) mass is 199 g/mol. The van der Waals surface area contributed by atoms with Crippen LogP contribution in [-0.4, -0.2) is 15.1 Å². The van der Waals surface area contributed by atoms with Gasteiger partial charge in [-0.05, 0) is 0 Å². The van der Waals surface area contributed by atoms with Crippen LogP contribution in [0.5, 0.6) is 5.88 Å². The van der Waals surface area contributed by atoms with E-state index in [4.69, 9.17) is 5.73 Å². The largest absolute Gasteiger partial charge is 0.492 e. The van der Waals surface area contributed by atoms with E-state index in [1.807, 2.05) is 5.38 Å². The van der Waals surface area contributed by atoms with Crippen molar-refractivity contribution < 1.29 is 5.11 Å². The van der Waals surface area contributed by atoms with Gasteiger partial charge in [-0.3, -0.25) is 0 Å². The van der Waals surface area contributed by atoms with Gasteiger partial charge in [-0.1, -0.05) is 11.3 Å². The summed E-state index contributed by atoms with van der Waals surface area (Å²) in [7, 11) is 0. The Bertz CT molecular complexity index is 381. The highest BCUT2D eigenvalue weighted by Crippen LogP contribution is 2.36. The van der Waals surface area contributed by atoms with Gasteiger partial charge in [0, 0.05) is 11.6 Å². The molecule has 2 aromatic heterocycles. The summed E-state index contributed by atoms with van der Waals surface area (Å²) in [5.74, 6) is -0.0348. The van der Waals surface area contributed by atoms with Gasteiger partial charge in [0.05, 0.1) is 0 Å². The summed E-state index contributed by atoms with van der Waals surface area (Å²) in [4.78, 5) is 8.36. The normalized spacial score (nSPS) is 10.3. The predicted molar refractivity (Wildman–Crippen MR) is 49.3 cm³/mol. The molecule has 0 bridgehead atoms. The summed E-state index contributed by atoms with van der Waals surface area (Å²) < 4.78 is 0. The Labute approximate surface area is 76.3 Å². The first-order valence-electron chi connectivity index (χ1n) is 3.12. The first-order chi connectivity index (χ1) is 5.77. The van der Waals surface area contributed by atoms with Gasteiger partial charge in [0.15, 0.2) is 5.13 Å². The molecule has 2 heterocycles.